The van der Waals surface area contributed by atoms with Crippen LogP contribution in [0.3, 0.4) is 0 Å². The number of rotatable bonds is 4. The first-order chi connectivity index (χ1) is 9.22. The summed E-state index contributed by atoms with van der Waals surface area (Å²) < 4.78 is 10.4. The molecule has 0 radical (unpaired) electrons. The molecule has 0 aliphatic heterocycles. The molecule has 0 aliphatic rings. The summed E-state index contributed by atoms with van der Waals surface area (Å²) in [6.07, 6.45) is 1.46. The van der Waals surface area contributed by atoms with E-state index in [0.29, 0.717) is 5.75 Å². The van der Waals surface area contributed by atoms with Gasteiger partial charge in [-0.1, -0.05) is 18.2 Å². The van der Waals surface area contributed by atoms with Crippen molar-refractivity contribution in [1.29, 1.82) is 0 Å². The lowest BCUT2D eigenvalue weighted by Crippen LogP contribution is -2.09. The Balaban J connectivity index is 2.27. The molecule has 0 spiro atoms. The molecular weight excluding hydrogens is 244 g/mol. The van der Waals surface area contributed by atoms with Crippen LogP contribution in [0.15, 0.2) is 42.6 Å². The molecular formula is C14H14N2O3. The summed E-state index contributed by atoms with van der Waals surface area (Å²) in [7, 11) is 0. The van der Waals surface area contributed by atoms with Crippen molar-refractivity contribution in [2.75, 3.05) is 12.3 Å². The second-order valence-corrected chi connectivity index (χ2v) is 3.71. The van der Waals surface area contributed by atoms with Gasteiger partial charge in [0.1, 0.15) is 11.4 Å². The minimum absolute atomic E-state index is 0.171. The fourth-order valence-corrected chi connectivity index (χ4v) is 1.52. The van der Waals surface area contributed by atoms with Crippen LogP contribution in [-0.2, 0) is 4.74 Å². The number of hydrogen-bond acceptors (Lipinski definition) is 5. The molecule has 0 aliphatic carbocycles. The van der Waals surface area contributed by atoms with Crippen molar-refractivity contribution in [1.82, 2.24) is 4.98 Å². The number of nitrogens with zero attached hydrogens (tertiary/aromatic N) is 1. The summed E-state index contributed by atoms with van der Waals surface area (Å²) in [5.41, 5.74) is 6.30. The maximum Gasteiger partial charge on any atom is 0.340 e. The first-order valence-corrected chi connectivity index (χ1v) is 5.87. The first kappa shape index (κ1) is 12.9. The summed E-state index contributed by atoms with van der Waals surface area (Å²) in [5, 5.41) is 0. The van der Waals surface area contributed by atoms with E-state index >= 15 is 0 Å². The molecule has 0 unspecified atom stereocenters. The number of nitrogens with two attached hydrogens (primary N) is 1. The predicted octanol–water partition coefficient (Wildman–Crippen LogP) is 2.63. The number of para-hydroxylation sites is 1. The maximum absolute atomic E-state index is 11.7. The predicted molar refractivity (Wildman–Crippen MR) is 71.1 cm³/mol. The van der Waals surface area contributed by atoms with Crippen molar-refractivity contribution in [3.63, 3.8) is 0 Å². The number of nitrogen functional groups attached to an aromatic ring is 1. The standard InChI is InChI=1S/C14H14N2O3/c1-2-18-14(17)11-8-9-16-13(12(11)15)19-10-6-4-3-5-7-10/h3-9H,2,15H2,1H3. The molecule has 1 aromatic heterocycles. The lowest BCUT2D eigenvalue weighted by atomic mass is 10.2. The number of carbonyl (C=O) groups is 1. The van der Waals surface area contributed by atoms with Crippen molar-refractivity contribution >= 4 is 11.7 Å². The highest BCUT2D eigenvalue weighted by Gasteiger charge is 2.15. The lowest BCUT2D eigenvalue weighted by molar-refractivity contribution is 0.0527. The Kier molecular flexibility index (Phi) is 3.97. The fourth-order valence-electron chi connectivity index (χ4n) is 1.52. The fraction of sp³-hybridized carbons (Fsp3) is 0.143. The van der Waals surface area contributed by atoms with Crippen LogP contribution < -0.4 is 10.5 Å². The molecule has 0 saturated carbocycles. The van der Waals surface area contributed by atoms with Crippen molar-refractivity contribution in [3.8, 4) is 11.6 Å². The van der Waals surface area contributed by atoms with Gasteiger partial charge in [0.05, 0.1) is 12.2 Å². The third-order valence-electron chi connectivity index (χ3n) is 2.41. The van der Waals surface area contributed by atoms with E-state index in [9.17, 15) is 4.79 Å². The van der Waals surface area contributed by atoms with Gasteiger partial charge in [-0.15, -0.1) is 0 Å². The maximum atomic E-state index is 11.7. The molecule has 2 N–H and O–H groups in total. The highest BCUT2D eigenvalue weighted by molar-refractivity contribution is 5.96. The number of aromatic nitrogens is 1. The van der Waals surface area contributed by atoms with Gasteiger partial charge in [-0.3, -0.25) is 0 Å². The highest BCUT2D eigenvalue weighted by atomic mass is 16.5. The smallest absolute Gasteiger partial charge is 0.340 e. The molecule has 1 heterocycles. The van der Waals surface area contributed by atoms with Crippen molar-refractivity contribution < 1.29 is 14.3 Å². The first-order valence-electron chi connectivity index (χ1n) is 5.87. The number of hydrogen-bond donors (Lipinski definition) is 1. The van der Waals surface area contributed by atoms with E-state index in [4.69, 9.17) is 15.2 Å². The van der Waals surface area contributed by atoms with Crippen LogP contribution in [0.2, 0.25) is 0 Å². The molecule has 0 fully saturated rings. The van der Waals surface area contributed by atoms with Gasteiger partial charge in [0.2, 0.25) is 5.88 Å². The van der Waals surface area contributed by atoms with E-state index < -0.39 is 5.97 Å². The Morgan fingerprint density at radius 2 is 2.00 bits per heavy atom. The second kappa shape index (κ2) is 5.86. The average molecular weight is 258 g/mol. The average Bonchev–Trinajstić information content (AvgIpc) is 2.42. The van der Waals surface area contributed by atoms with Gasteiger partial charge >= 0.3 is 5.97 Å². The van der Waals surface area contributed by atoms with Crippen LogP contribution >= 0.6 is 0 Å². The largest absolute Gasteiger partial charge is 0.462 e. The molecule has 5 heteroatoms. The number of anilines is 1. The third kappa shape index (κ3) is 3.01. The van der Waals surface area contributed by atoms with Gasteiger partial charge < -0.3 is 15.2 Å². The molecule has 0 saturated heterocycles. The summed E-state index contributed by atoms with van der Waals surface area (Å²) in [6, 6.07) is 10.6. The van der Waals surface area contributed by atoms with Crippen LogP contribution in [0.5, 0.6) is 11.6 Å². The van der Waals surface area contributed by atoms with E-state index in [1.165, 1.54) is 12.3 Å². The Labute approximate surface area is 111 Å². The summed E-state index contributed by atoms with van der Waals surface area (Å²) >= 11 is 0. The van der Waals surface area contributed by atoms with Gasteiger partial charge in [-0.05, 0) is 25.1 Å². The molecule has 2 rings (SSSR count). The van der Waals surface area contributed by atoms with Crippen LogP contribution in [0.25, 0.3) is 0 Å². The van der Waals surface area contributed by atoms with Crippen molar-refractivity contribution in [2.24, 2.45) is 0 Å². The zero-order chi connectivity index (χ0) is 13.7. The minimum Gasteiger partial charge on any atom is -0.462 e. The zero-order valence-corrected chi connectivity index (χ0v) is 10.5. The van der Waals surface area contributed by atoms with E-state index in [2.05, 4.69) is 4.98 Å². The van der Waals surface area contributed by atoms with Crippen LogP contribution in [-0.4, -0.2) is 17.6 Å². The second-order valence-electron chi connectivity index (χ2n) is 3.71. The molecule has 0 amide bonds. The Bertz CT molecular complexity index is 570. The SMILES string of the molecule is CCOC(=O)c1ccnc(Oc2ccccc2)c1N. The number of ether oxygens (including phenoxy) is 2. The topological polar surface area (TPSA) is 74.4 Å². The molecule has 1 aromatic carbocycles. The van der Waals surface area contributed by atoms with Gasteiger partial charge in [-0.2, -0.15) is 0 Å². The molecule has 19 heavy (non-hydrogen) atoms. The summed E-state index contributed by atoms with van der Waals surface area (Å²) in [5.74, 6) is 0.305. The minimum atomic E-state index is -0.486. The molecule has 0 bridgehead atoms. The number of benzene rings is 1. The lowest BCUT2D eigenvalue weighted by Gasteiger charge is -2.10. The zero-order valence-electron chi connectivity index (χ0n) is 10.5. The van der Waals surface area contributed by atoms with Crippen molar-refractivity contribution in [2.45, 2.75) is 6.92 Å². The van der Waals surface area contributed by atoms with E-state index in [1.54, 1.807) is 19.1 Å². The third-order valence-corrected chi connectivity index (χ3v) is 2.41. The highest BCUT2D eigenvalue weighted by Crippen LogP contribution is 2.27. The molecule has 2 aromatic rings. The normalized spacial score (nSPS) is 9.95. The summed E-state index contributed by atoms with van der Waals surface area (Å²) in [6.45, 7) is 2.02. The van der Waals surface area contributed by atoms with E-state index in [-0.39, 0.29) is 23.7 Å². The Hall–Kier alpha value is -2.56. The van der Waals surface area contributed by atoms with Gasteiger partial charge in [-0.25, -0.2) is 9.78 Å². The molecule has 98 valence electrons. The number of esters is 1. The quantitative estimate of drug-likeness (QED) is 0.853. The van der Waals surface area contributed by atoms with Gasteiger partial charge in [0.15, 0.2) is 0 Å². The van der Waals surface area contributed by atoms with Crippen LogP contribution in [0, 0.1) is 0 Å². The van der Waals surface area contributed by atoms with Crippen molar-refractivity contribution in [3.05, 3.63) is 48.2 Å². The Morgan fingerprint density at radius 3 is 2.68 bits per heavy atom. The van der Waals surface area contributed by atoms with Crippen LogP contribution in [0.4, 0.5) is 5.69 Å². The van der Waals surface area contributed by atoms with Gasteiger partial charge in [0.25, 0.3) is 0 Å². The van der Waals surface area contributed by atoms with Crippen LogP contribution in [0.1, 0.15) is 17.3 Å². The van der Waals surface area contributed by atoms with E-state index in [1.807, 2.05) is 18.2 Å². The monoisotopic (exact) mass is 258 g/mol. The Morgan fingerprint density at radius 1 is 1.26 bits per heavy atom. The molecule has 5 nitrogen and oxygen atoms in total. The number of pyridine rings is 1. The molecule has 0 atom stereocenters. The number of carbonyl (C=O) groups excluding carboxylic acids is 1. The summed E-state index contributed by atoms with van der Waals surface area (Å²) in [4.78, 5) is 15.7. The van der Waals surface area contributed by atoms with Gasteiger partial charge in [0, 0.05) is 6.20 Å². The van der Waals surface area contributed by atoms with E-state index in [0.717, 1.165) is 0 Å².